The number of nitrogens with zero attached hydrogens (tertiary/aromatic N) is 2. The van der Waals surface area contributed by atoms with Gasteiger partial charge in [0, 0.05) is 31.7 Å². The molecule has 2 saturated heterocycles. The Labute approximate surface area is 122 Å². The van der Waals surface area contributed by atoms with Gasteiger partial charge in [0.1, 0.15) is 0 Å². The summed E-state index contributed by atoms with van der Waals surface area (Å²) in [5, 5.41) is 3.19. The smallest absolute Gasteiger partial charge is 0.234 e. The Morgan fingerprint density at radius 3 is 2.35 bits per heavy atom. The molecule has 2 bridgehead atoms. The third kappa shape index (κ3) is 3.34. The van der Waals surface area contributed by atoms with Crippen molar-refractivity contribution in [3.8, 4) is 0 Å². The van der Waals surface area contributed by atoms with Crippen LogP contribution in [-0.4, -0.2) is 61.0 Å². The number of likely N-dealkylation sites (N-methyl/N-ethyl adjacent to an activating group) is 1. The van der Waals surface area contributed by atoms with Gasteiger partial charge in [-0.2, -0.15) is 0 Å². The Kier molecular flexibility index (Phi) is 4.61. The minimum Gasteiger partial charge on any atom is -0.355 e. The van der Waals surface area contributed by atoms with E-state index in [1.807, 2.05) is 0 Å². The van der Waals surface area contributed by atoms with E-state index in [-0.39, 0.29) is 5.91 Å². The van der Waals surface area contributed by atoms with Gasteiger partial charge in [0.05, 0.1) is 6.54 Å². The van der Waals surface area contributed by atoms with E-state index in [1.165, 1.54) is 44.9 Å². The number of carbonyl (C=O) groups is 1. The number of likely N-dealkylation sites (tertiary alicyclic amines) is 1. The first-order valence-electron chi connectivity index (χ1n) is 8.43. The minimum atomic E-state index is 0.247. The zero-order valence-corrected chi connectivity index (χ0v) is 12.8. The third-order valence-electron chi connectivity index (χ3n) is 5.45. The molecule has 2 heterocycles. The number of rotatable bonds is 4. The molecule has 1 amide bonds. The normalized spacial score (nSPS) is 32.5. The average molecular weight is 279 g/mol. The summed E-state index contributed by atoms with van der Waals surface area (Å²) in [6, 6.07) is 1.22. The number of hydrogen-bond acceptors (Lipinski definition) is 3. The molecule has 3 fully saturated rings. The van der Waals surface area contributed by atoms with Crippen molar-refractivity contribution >= 4 is 5.91 Å². The summed E-state index contributed by atoms with van der Waals surface area (Å²) >= 11 is 0. The van der Waals surface area contributed by atoms with Crippen LogP contribution < -0.4 is 5.32 Å². The first kappa shape index (κ1) is 14.3. The van der Waals surface area contributed by atoms with Crippen LogP contribution in [0.15, 0.2) is 0 Å². The fourth-order valence-electron chi connectivity index (χ4n) is 4.33. The topological polar surface area (TPSA) is 35.6 Å². The van der Waals surface area contributed by atoms with Gasteiger partial charge in [-0.05, 0) is 38.6 Å². The summed E-state index contributed by atoms with van der Waals surface area (Å²) in [6.07, 6.45) is 9.23. The van der Waals surface area contributed by atoms with Crippen LogP contribution in [-0.2, 0) is 4.79 Å². The summed E-state index contributed by atoms with van der Waals surface area (Å²) in [6.45, 7) is 3.79. The van der Waals surface area contributed by atoms with Crippen LogP contribution in [0, 0.1) is 5.92 Å². The zero-order valence-electron chi connectivity index (χ0n) is 12.8. The largest absolute Gasteiger partial charge is 0.355 e. The molecule has 2 unspecified atom stereocenters. The average Bonchev–Trinajstić information content (AvgIpc) is 2.69. The summed E-state index contributed by atoms with van der Waals surface area (Å²) < 4.78 is 0. The molecule has 3 rings (SSSR count). The van der Waals surface area contributed by atoms with Crippen molar-refractivity contribution < 1.29 is 4.79 Å². The molecule has 0 spiro atoms. The fraction of sp³-hybridized carbons (Fsp3) is 0.938. The van der Waals surface area contributed by atoms with Gasteiger partial charge < -0.3 is 10.2 Å². The van der Waals surface area contributed by atoms with Crippen molar-refractivity contribution in [3.63, 3.8) is 0 Å². The van der Waals surface area contributed by atoms with Crippen molar-refractivity contribution in [1.82, 2.24) is 15.1 Å². The van der Waals surface area contributed by atoms with E-state index >= 15 is 0 Å². The molecule has 4 nitrogen and oxygen atoms in total. The van der Waals surface area contributed by atoms with E-state index < -0.39 is 0 Å². The van der Waals surface area contributed by atoms with Gasteiger partial charge in [0.15, 0.2) is 0 Å². The van der Waals surface area contributed by atoms with E-state index in [2.05, 4.69) is 22.2 Å². The molecular weight excluding hydrogens is 250 g/mol. The lowest BCUT2D eigenvalue weighted by Gasteiger charge is -2.39. The van der Waals surface area contributed by atoms with Crippen LogP contribution in [0.3, 0.4) is 0 Å². The van der Waals surface area contributed by atoms with Gasteiger partial charge >= 0.3 is 0 Å². The molecular formula is C16H29N3O. The van der Waals surface area contributed by atoms with Gasteiger partial charge in [0.25, 0.3) is 0 Å². The predicted octanol–water partition coefficient (Wildman–Crippen LogP) is 1.46. The van der Waals surface area contributed by atoms with Crippen LogP contribution in [0.2, 0.25) is 0 Å². The van der Waals surface area contributed by atoms with Crippen LogP contribution in [0.5, 0.6) is 0 Å². The predicted molar refractivity (Wildman–Crippen MR) is 80.6 cm³/mol. The molecule has 0 radical (unpaired) electrons. The van der Waals surface area contributed by atoms with E-state index in [0.717, 1.165) is 25.6 Å². The lowest BCUT2D eigenvalue weighted by atomic mass is 9.89. The SMILES string of the molecule is CN1CC2CCC(C1)N2CC(=O)NCC1CCCCC1. The third-order valence-corrected chi connectivity index (χ3v) is 5.45. The van der Waals surface area contributed by atoms with Crippen molar-refractivity contribution in [2.75, 3.05) is 33.2 Å². The number of amides is 1. The number of nitrogens with one attached hydrogen (secondary N) is 1. The second-order valence-electron chi connectivity index (χ2n) is 7.09. The van der Waals surface area contributed by atoms with Gasteiger partial charge in [-0.25, -0.2) is 0 Å². The molecule has 0 aromatic rings. The quantitative estimate of drug-likeness (QED) is 0.846. The Bertz CT molecular complexity index is 327. The van der Waals surface area contributed by atoms with Gasteiger partial charge in [0.2, 0.25) is 5.91 Å². The maximum Gasteiger partial charge on any atom is 0.234 e. The lowest BCUT2D eigenvalue weighted by Crippen LogP contribution is -2.55. The van der Waals surface area contributed by atoms with E-state index in [4.69, 9.17) is 0 Å². The van der Waals surface area contributed by atoms with E-state index in [9.17, 15) is 4.79 Å². The molecule has 1 saturated carbocycles. The zero-order chi connectivity index (χ0) is 13.9. The highest BCUT2D eigenvalue weighted by Gasteiger charge is 2.39. The Balaban J connectivity index is 1.42. The maximum absolute atomic E-state index is 12.2. The Hall–Kier alpha value is -0.610. The molecule has 114 valence electrons. The maximum atomic E-state index is 12.2. The Morgan fingerprint density at radius 1 is 1.05 bits per heavy atom. The highest BCUT2D eigenvalue weighted by Crippen LogP contribution is 2.29. The molecule has 3 aliphatic rings. The van der Waals surface area contributed by atoms with Gasteiger partial charge in [-0.1, -0.05) is 19.3 Å². The van der Waals surface area contributed by atoms with E-state index in [0.29, 0.717) is 18.6 Å². The summed E-state index contributed by atoms with van der Waals surface area (Å²) in [5.74, 6) is 0.980. The molecule has 0 aromatic carbocycles. The molecule has 1 aliphatic carbocycles. The highest BCUT2D eigenvalue weighted by molar-refractivity contribution is 5.78. The number of fused-ring (bicyclic) bond motifs is 2. The fourth-order valence-corrected chi connectivity index (χ4v) is 4.33. The molecule has 2 atom stereocenters. The van der Waals surface area contributed by atoms with Crippen LogP contribution in [0.4, 0.5) is 0 Å². The molecule has 0 aromatic heterocycles. The van der Waals surface area contributed by atoms with Crippen molar-refractivity contribution in [1.29, 1.82) is 0 Å². The van der Waals surface area contributed by atoms with Crippen LogP contribution in [0.1, 0.15) is 44.9 Å². The highest BCUT2D eigenvalue weighted by atomic mass is 16.2. The van der Waals surface area contributed by atoms with Gasteiger partial charge in [-0.15, -0.1) is 0 Å². The first-order chi connectivity index (χ1) is 9.72. The second kappa shape index (κ2) is 6.44. The second-order valence-corrected chi connectivity index (χ2v) is 7.09. The molecule has 4 heteroatoms. The number of carbonyl (C=O) groups excluding carboxylic acids is 1. The lowest BCUT2D eigenvalue weighted by molar-refractivity contribution is -0.123. The summed E-state index contributed by atoms with van der Waals surface area (Å²) in [5.41, 5.74) is 0. The summed E-state index contributed by atoms with van der Waals surface area (Å²) in [4.78, 5) is 17.1. The first-order valence-corrected chi connectivity index (χ1v) is 8.43. The number of hydrogen-bond donors (Lipinski definition) is 1. The Morgan fingerprint density at radius 2 is 1.70 bits per heavy atom. The summed E-state index contributed by atoms with van der Waals surface area (Å²) in [7, 11) is 2.20. The van der Waals surface area contributed by atoms with Crippen molar-refractivity contribution in [2.24, 2.45) is 5.92 Å². The molecule has 1 N–H and O–H groups in total. The van der Waals surface area contributed by atoms with Crippen molar-refractivity contribution in [2.45, 2.75) is 57.0 Å². The van der Waals surface area contributed by atoms with Crippen LogP contribution >= 0.6 is 0 Å². The van der Waals surface area contributed by atoms with E-state index in [1.54, 1.807) is 0 Å². The van der Waals surface area contributed by atoms with Gasteiger partial charge in [-0.3, -0.25) is 9.69 Å². The molecule has 20 heavy (non-hydrogen) atoms. The standard InChI is InChI=1S/C16H29N3O/c1-18-10-14-7-8-15(11-18)19(14)12-16(20)17-9-13-5-3-2-4-6-13/h13-15H,2-12H2,1H3,(H,17,20). The van der Waals surface area contributed by atoms with Crippen molar-refractivity contribution in [3.05, 3.63) is 0 Å². The van der Waals surface area contributed by atoms with Crippen LogP contribution in [0.25, 0.3) is 0 Å². The molecule has 2 aliphatic heterocycles. The number of piperazine rings is 1. The monoisotopic (exact) mass is 279 g/mol. The minimum absolute atomic E-state index is 0.247.